The molecule has 1 aliphatic rings. The van der Waals surface area contributed by atoms with Gasteiger partial charge in [-0.3, -0.25) is 4.79 Å². The molecule has 1 aromatic carbocycles. The molecule has 8 nitrogen and oxygen atoms in total. The maximum absolute atomic E-state index is 12.8. The van der Waals surface area contributed by atoms with Gasteiger partial charge in [0.25, 0.3) is 6.43 Å². The number of H-pyrrole nitrogens is 1. The number of carbonyl (C=O) groups excluding carboxylic acids is 1. The van der Waals surface area contributed by atoms with Gasteiger partial charge < -0.3 is 24.6 Å². The highest BCUT2D eigenvalue weighted by molar-refractivity contribution is 6.12. The summed E-state index contributed by atoms with van der Waals surface area (Å²) in [4.78, 5) is 29.8. The second-order valence-corrected chi connectivity index (χ2v) is 7.85. The maximum Gasteiger partial charge on any atom is 0.407 e. The molecule has 0 unspecified atom stereocenters. The van der Waals surface area contributed by atoms with E-state index in [0.29, 0.717) is 42.4 Å². The molecular formula is C22H24F2N4O4. The first-order chi connectivity index (χ1) is 15.2. The van der Waals surface area contributed by atoms with Crippen molar-refractivity contribution in [2.75, 3.05) is 33.8 Å². The first kappa shape index (κ1) is 23.1. The number of rotatable bonds is 7. The zero-order valence-electron chi connectivity index (χ0n) is 17.8. The number of alkyl halides is 2. The molecule has 170 valence electrons. The summed E-state index contributed by atoms with van der Waals surface area (Å²) in [5, 5.41) is 19.1. The Morgan fingerprint density at radius 2 is 2.03 bits per heavy atom. The third-order valence-electron chi connectivity index (χ3n) is 5.32. The number of likely N-dealkylation sites (tertiary alicyclic amines) is 1. The summed E-state index contributed by atoms with van der Waals surface area (Å²) in [6.45, 7) is -0.101. The van der Waals surface area contributed by atoms with Crippen LogP contribution in [0.2, 0.25) is 0 Å². The fraction of sp³-hybridized carbons (Fsp3) is 0.409. The summed E-state index contributed by atoms with van der Waals surface area (Å²) >= 11 is 0. The number of hydrogen-bond acceptors (Lipinski definition) is 5. The van der Waals surface area contributed by atoms with E-state index in [1.165, 1.54) is 11.1 Å². The predicted octanol–water partition coefficient (Wildman–Crippen LogP) is 3.82. The molecule has 0 spiro atoms. The summed E-state index contributed by atoms with van der Waals surface area (Å²) < 4.78 is 31.0. The number of nitriles is 1. The number of halogens is 2. The molecule has 1 fully saturated rings. The molecule has 2 N–H and O–H groups in total. The fourth-order valence-corrected chi connectivity index (χ4v) is 3.82. The lowest BCUT2D eigenvalue weighted by Gasteiger charge is -2.31. The summed E-state index contributed by atoms with van der Waals surface area (Å²) in [7, 11) is 3.40. The van der Waals surface area contributed by atoms with Crippen molar-refractivity contribution in [2.45, 2.75) is 25.2 Å². The van der Waals surface area contributed by atoms with Crippen LogP contribution < -0.4 is 4.74 Å². The van der Waals surface area contributed by atoms with Gasteiger partial charge in [0.15, 0.2) is 0 Å². The number of nitrogens with one attached hydrogen (secondary N) is 1. The normalized spacial score (nSPS) is 15.1. The highest BCUT2D eigenvalue weighted by atomic mass is 19.3. The van der Waals surface area contributed by atoms with Crippen LogP contribution in [-0.2, 0) is 0 Å². The Morgan fingerprint density at radius 1 is 1.34 bits per heavy atom. The average Bonchev–Trinajstić information content (AvgIpc) is 3.17. The standard InChI is InChI=1S/C22H24F2N4O4/c1-27(2)11-15(10-25)21(29)18-7-14-8-19(32-12-20(23)24)16(9-17(14)26-18)13-3-5-28(6-4-13)22(30)31/h7-9,11,13,20,26H,3-6,12H2,1-2H3,(H,30,31). The van der Waals surface area contributed by atoms with Gasteiger partial charge >= 0.3 is 6.09 Å². The fourth-order valence-electron chi connectivity index (χ4n) is 3.82. The van der Waals surface area contributed by atoms with Crippen LogP contribution in [0.1, 0.15) is 34.8 Å². The van der Waals surface area contributed by atoms with Crippen molar-refractivity contribution in [3.8, 4) is 11.8 Å². The first-order valence-corrected chi connectivity index (χ1v) is 10.1. The topological polar surface area (TPSA) is 110 Å². The Kier molecular flexibility index (Phi) is 6.98. The molecule has 1 saturated heterocycles. The monoisotopic (exact) mass is 446 g/mol. The van der Waals surface area contributed by atoms with Crippen molar-refractivity contribution in [1.82, 2.24) is 14.8 Å². The molecule has 1 amide bonds. The third kappa shape index (κ3) is 5.17. The number of Topliss-reactive ketones (excluding diaryl/α,β-unsaturated/α-hetero) is 1. The number of carboxylic acid groups (broad SMARTS) is 1. The van der Waals surface area contributed by atoms with Crippen LogP contribution >= 0.6 is 0 Å². The second-order valence-electron chi connectivity index (χ2n) is 7.85. The lowest BCUT2D eigenvalue weighted by atomic mass is 9.88. The van der Waals surface area contributed by atoms with Gasteiger partial charge in [-0.1, -0.05) is 0 Å². The van der Waals surface area contributed by atoms with Crippen LogP contribution in [-0.4, -0.2) is 72.0 Å². The number of nitrogens with zero attached hydrogens (tertiary/aromatic N) is 3. The second kappa shape index (κ2) is 9.68. The highest BCUT2D eigenvalue weighted by Crippen LogP contribution is 2.37. The number of ketones is 1. The van der Waals surface area contributed by atoms with Crippen LogP contribution in [0.5, 0.6) is 5.75 Å². The SMILES string of the molecule is CN(C)C=C(C#N)C(=O)c1cc2cc(OCC(F)F)c(C3CCN(C(=O)O)CC3)cc2[nH]1. The van der Waals surface area contributed by atoms with Crippen LogP contribution in [0.25, 0.3) is 10.9 Å². The molecule has 0 atom stereocenters. The third-order valence-corrected chi connectivity index (χ3v) is 5.32. The predicted molar refractivity (Wildman–Crippen MR) is 113 cm³/mol. The number of piperidine rings is 1. The summed E-state index contributed by atoms with van der Waals surface area (Å²) in [6, 6.07) is 6.81. The van der Waals surface area contributed by atoms with Gasteiger partial charge in [0.2, 0.25) is 5.78 Å². The minimum Gasteiger partial charge on any atom is -0.487 e. The van der Waals surface area contributed by atoms with Crippen molar-refractivity contribution in [2.24, 2.45) is 0 Å². The number of allylic oxidation sites excluding steroid dienone is 1. The molecule has 1 aliphatic heterocycles. The van der Waals surface area contributed by atoms with Gasteiger partial charge in [-0.15, -0.1) is 0 Å². The largest absolute Gasteiger partial charge is 0.487 e. The van der Waals surface area contributed by atoms with E-state index >= 15 is 0 Å². The highest BCUT2D eigenvalue weighted by Gasteiger charge is 2.27. The molecule has 2 heterocycles. The minimum absolute atomic E-state index is 0.0444. The quantitative estimate of drug-likeness (QED) is 0.380. The zero-order valence-corrected chi connectivity index (χ0v) is 17.8. The van der Waals surface area contributed by atoms with E-state index in [9.17, 15) is 23.6 Å². The molecule has 0 aliphatic carbocycles. The Morgan fingerprint density at radius 3 is 2.59 bits per heavy atom. The Hall–Kier alpha value is -3.61. The molecule has 0 bridgehead atoms. The summed E-state index contributed by atoms with van der Waals surface area (Å²) in [5.74, 6) is -0.272. The number of aromatic amines is 1. The molecule has 32 heavy (non-hydrogen) atoms. The van der Waals surface area contributed by atoms with E-state index in [4.69, 9.17) is 9.84 Å². The maximum atomic E-state index is 12.8. The van der Waals surface area contributed by atoms with Crippen molar-refractivity contribution in [3.63, 3.8) is 0 Å². The molecule has 2 aromatic rings. The molecule has 3 rings (SSSR count). The molecular weight excluding hydrogens is 422 g/mol. The lowest BCUT2D eigenvalue weighted by molar-refractivity contribution is 0.0808. The van der Waals surface area contributed by atoms with E-state index in [-0.39, 0.29) is 22.9 Å². The lowest BCUT2D eigenvalue weighted by Crippen LogP contribution is -2.36. The number of fused-ring (bicyclic) bond motifs is 1. The van der Waals surface area contributed by atoms with Crippen molar-refractivity contribution >= 4 is 22.8 Å². The van der Waals surface area contributed by atoms with Crippen molar-refractivity contribution < 1.29 is 28.2 Å². The zero-order chi connectivity index (χ0) is 23.4. The molecule has 0 radical (unpaired) electrons. The van der Waals surface area contributed by atoms with E-state index in [2.05, 4.69) is 4.98 Å². The Labute approximate surface area is 183 Å². The number of carbonyl (C=O) groups is 2. The number of amides is 1. The minimum atomic E-state index is -2.65. The van der Waals surface area contributed by atoms with Crippen LogP contribution in [0.4, 0.5) is 13.6 Å². The molecule has 10 heteroatoms. The average molecular weight is 446 g/mol. The van der Waals surface area contributed by atoms with Crippen molar-refractivity contribution in [1.29, 1.82) is 5.26 Å². The Bertz CT molecular complexity index is 1080. The van der Waals surface area contributed by atoms with Crippen LogP contribution in [0, 0.1) is 11.3 Å². The van der Waals surface area contributed by atoms with Gasteiger partial charge in [0.05, 0.1) is 5.69 Å². The van der Waals surface area contributed by atoms with E-state index in [0.717, 1.165) is 0 Å². The number of benzene rings is 1. The van der Waals surface area contributed by atoms with E-state index in [1.54, 1.807) is 37.2 Å². The molecule has 0 saturated carbocycles. The number of aromatic nitrogens is 1. The first-order valence-electron chi connectivity index (χ1n) is 10.1. The van der Waals surface area contributed by atoms with Gasteiger partial charge in [0, 0.05) is 44.3 Å². The van der Waals surface area contributed by atoms with Gasteiger partial charge in [-0.05, 0) is 42.5 Å². The van der Waals surface area contributed by atoms with E-state index < -0.39 is 24.9 Å². The van der Waals surface area contributed by atoms with Gasteiger partial charge in [-0.25, -0.2) is 13.6 Å². The number of hydrogen-bond donors (Lipinski definition) is 2. The number of ether oxygens (including phenoxy) is 1. The van der Waals surface area contributed by atoms with Crippen LogP contribution in [0.15, 0.2) is 30.0 Å². The Balaban J connectivity index is 1.97. The van der Waals surface area contributed by atoms with Crippen LogP contribution in [0.3, 0.4) is 0 Å². The summed E-state index contributed by atoms with van der Waals surface area (Å²) in [5.41, 5.74) is 1.45. The summed E-state index contributed by atoms with van der Waals surface area (Å²) in [6.07, 6.45) is -1.16. The van der Waals surface area contributed by atoms with E-state index in [1.807, 2.05) is 6.07 Å². The smallest absolute Gasteiger partial charge is 0.407 e. The van der Waals surface area contributed by atoms with Crippen molar-refractivity contribution in [3.05, 3.63) is 41.2 Å². The molecule has 1 aromatic heterocycles. The van der Waals surface area contributed by atoms with Gasteiger partial charge in [0.1, 0.15) is 24.0 Å². The van der Waals surface area contributed by atoms with Gasteiger partial charge in [-0.2, -0.15) is 5.26 Å².